The smallest absolute Gasteiger partial charge is 0.253 e. The number of benzene rings is 2. The van der Waals surface area contributed by atoms with Crippen molar-refractivity contribution >= 4 is 17.5 Å². The second-order valence-electron chi connectivity index (χ2n) is 6.96. The number of para-hydroxylation sites is 1. The van der Waals surface area contributed by atoms with Crippen LogP contribution in [0, 0.1) is 5.92 Å². The van der Waals surface area contributed by atoms with Crippen LogP contribution in [0.15, 0.2) is 48.5 Å². The molecule has 0 aliphatic rings. The maximum Gasteiger partial charge on any atom is 0.253 e. The van der Waals surface area contributed by atoms with Crippen LogP contribution in [-0.4, -0.2) is 18.4 Å². The lowest BCUT2D eigenvalue weighted by Gasteiger charge is -2.15. The Morgan fingerprint density at radius 3 is 2.23 bits per heavy atom. The van der Waals surface area contributed by atoms with Crippen molar-refractivity contribution in [1.29, 1.82) is 0 Å². The van der Waals surface area contributed by atoms with E-state index in [1.54, 1.807) is 18.2 Å². The summed E-state index contributed by atoms with van der Waals surface area (Å²) in [5.41, 5.74) is 3.25. The number of carbonyl (C=O) groups excluding carboxylic acids is 2. The molecule has 0 radical (unpaired) electrons. The second-order valence-corrected chi connectivity index (χ2v) is 6.96. The maximum absolute atomic E-state index is 12.7. The van der Waals surface area contributed by atoms with Crippen LogP contribution in [0.1, 0.15) is 55.1 Å². The molecular formula is C22H28N2O2. The van der Waals surface area contributed by atoms with Crippen molar-refractivity contribution in [3.63, 3.8) is 0 Å². The van der Waals surface area contributed by atoms with E-state index in [4.69, 9.17) is 0 Å². The lowest BCUT2D eigenvalue weighted by atomic mass is 9.96. The molecule has 0 aromatic heterocycles. The van der Waals surface area contributed by atoms with Crippen molar-refractivity contribution < 1.29 is 9.59 Å². The van der Waals surface area contributed by atoms with Gasteiger partial charge in [0, 0.05) is 6.54 Å². The van der Waals surface area contributed by atoms with Crippen molar-refractivity contribution in [1.82, 2.24) is 5.32 Å². The topological polar surface area (TPSA) is 58.2 Å². The summed E-state index contributed by atoms with van der Waals surface area (Å²) < 4.78 is 0. The van der Waals surface area contributed by atoms with Crippen LogP contribution < -0.4 is 10.6 Å². The Hall–Kier alpha value is -2.62. The van der Waals surface area contributed by atoms with Crippen molar-refractivity contribution in [2.75, 3.05) is 11.9 Å². The van der Waals surface area contributed by atoms with Gasteiger partial charge in [0.15, 0.2) is 0 Å². The van der Waals surface area contributed by atoms with Gasteiger partial charge in [-0.1, -0.05) is 50.2 Å². The molecule has 1 atom stereocenters. The summed E-state index contributed by atoms with van der Waals surface area (Å²) in [6, 6.07) is 15.3. The fraction of sp³-hybridized carbons (Fsp3) is 0.364. The molecule has 0 aliphatic heterocycles. The molecule has 0 saturated carbocycles. The summed E-state index contributed by atoms with van der Waals surface area (Å²) in [4.78, 5) is 24.8. The first-order valence-corrected chi connectivity index (χ1v) is 9.19. The Morgan fingerprint density at radius 1 is 0.962 bits per heavy atom. The Kier molecular flexibility index (Phi) is 6.96. The van der Waals surface area contributed by atoms with E-state index >= 15 is 0 Å². The van der Waals surface area contributed by atoms with Crippen LogP contribution in [-0.2, 0) is 11.2 Å². The van der Waals surface area contributed by atoms with Crippen LogP contribution in [0.4, 0.5) is 5.69 Å². The maximum atomic E-state index is 12.7. The molecule has 2 N–H and O–H groups in total. The van der Waals surface area contributed by atoms with Gasteiger partial charge in [0.05, 0.1) is 17.2 Å². The largest absolute Gasteiger partial charge is 0.352 e. The van der Waals surface area contributed by atoms with Crippen LogP contribution >= 0.6 is 0 Å². The quantitative estimate of drug-likeness (QED) is 0.777. The Labute approximate surface area is 156 Å². The predicted octanol–water partition coefficient (Wildman–Crippen LogP) is 4.38. The van der Waals surface area contributed by atoms with E-state index in [2.05, 4.69) is 36.6 Å². The second kappa shape index (κ2) is 9.18. The highest BCUT2D eigenvalue weighted by molar-refractivity contribution is 6.05. The normalized spacial score (nSPS) is 11.9. The number of nitrogens with one attached hydrogen (secondary N) is 2. The Balaban J connectivity index is 2.11. The molecule has 0 saturated heterocycles. The number of hydrogen-bond donors (Lipinski definition) is 2. The summed E-state index contributed by atoms with van der Waals surface area (Å²) in [5.74, 6) is -0.00909. The Morgan fingerprint density at radius 2 is 1.62 bits per heavy atom. The summed E-state index contributed by atoms with van der Waals surface area (Å²) in [6.45, 7) is 8.66. The van der Waals surface area contributed by atoms with Gasteiger partial charge in [-0.3, -0.25) is 9.59 Å². The molecule has 0 fully saturated rings. The molecule has 2 aromatic carbocycles. The molecule has 2 aromatic rings. The Bertz CT molecular complexity index is 751. The van der Waals surface area contributed by atoms with E-state index in [1.165, 1.54) is 5.56 Å². The first kappa shape index (κ1) is 19.7. The average molecular weight is 352 g/mol. The zero-order valence-corrected chi connectivity index (χ0v) is 16.0. The van der Waals surface area contributed by atoms with Crippen LogP contribution in [0.5, 0.6) is 0 Å². The number of rotatable bonds is 7. The molecule has 0 bridgehead atoms. The van der Waals surface area contributed by atoms with Gasteiger partial charge in [-0.15, -0.1) is 0 Å². The molecule has 2 amide bonds. The predicted molar refractivity (Wildman–Crippen MR) is 106 cm³/mol. The van der Waals surface area contributed by atoms with E-state index in [0.29, 0.717) is 23.7 Å². The monoisotopic (exact) mass is 352 g/mol. The van der Waals surface area contributed by atoms with Crippen LogP contribution in [0.25, 0.3) is 0 Å². The number of hydrogen-bond acceptors (Lipinski definition) is 2. The highest BCUT2D eigenvalue weighted by Crippen LogP contribution is 2.21. The molecule has 4 heteroatoms. The lowest BCUT2D eigenvalue weighted by molar-refractivity contribution is -0.117. The van der Waals surface area contributed by atoms with Gasteiger partial charge >= 0.3 is 0 Å². The summed E-state index contributed by atoms with van der Waals surface area (Å²) in [6.07, 6.45) is 1.03. The van der Waals surface area contributed by atoms with Gasteiger partial charge in [0.1, 0.15) is 0 Å². The number of anilines is 1. The van der Waals surface area contributed by atoms with E-state index in [0.717, 1.165) is 12.0 Å². The molecule has 138 valence electrons. The molecule has 0 aliphatic carbocycles. The molecule has 1 unspecified atom stereocenters. The molecular weight excluding hydrogens is 324 g/mol. The SMILES string of the molecule is CCNC(=O)c1ccccc1NC(=O)C(C)c1ccc(CC(C)C)cc1. The fourth-order valence-corrected chi connectivity index (χ4v) is 2.85. The van der Waals surface area contributed by atoms with Crippen molar-refractivity contribution in [3.05, 3.63) is 65.2 Å². The van der Waals surface area contributed by atoms with Gasteiger partial charge in [-0.05, 0) is 49.4 Å². The molecule has 0 heterocycles. The molecule has 26 heavy (non-hydrogen) atoms. The van der Waals surface area contributed by atoms with E-state index < -0.39 is 0 Å². The molecule has 0 spiro atoms. The molecule has 2 rings (SSSR count). The first-order chi connectivity index (χ1) is 12.4. The standard InChI is InChI=1S/C22H28N2O2/c1-5-23-22(26)19-8-6-7-9-20(19)24-21(25)16(4)18-12-10-17(11-13-18)14-15(2)3/h6-13,15-16H,5,14H2,1-4H3,(H,23,26)(H,24,25). The summed E-state index contributed by atoms with van der Waals surface area (Å²) in [7, 11) is 0. The highest BCUT2D eigenvalue weighted by atomic mass is 16.2. The zero-order chi connectivity index (χ0) is 19.1. The van der Waals surface area contributed by atoms with Gasteiger partial charge in [0.25, 0.3) is 5.91 Å². The minimum absolute atomic E-state index is 0.127. The van der Waals surface area contributed by atoms with E-state index in [9.17, 15) is 9.59 Å². The third-order valence-corrected chi connectivity index (χ3v) is 4.28. The highest BCUT2D eigenvalue weighted by Gasteiger charge is 2.18. The van der Waals surface area contributed by atoms with Gasteiger partial charge < -0.3 is 10.6 Å². The number of carbonyl (C=O) groups is 2. The summed E-state index contributed by atoms with van der Waals surface area (Å²) >= 11 is 0. The van der Waals surface area contributed by atoms with Crippen molar-refractivity contribution in [3.8, 4) is 0 Å². The van der Waals surface area contributed by atoms with Gasteiger partial charge in [-0.2, -0.15) is 0 Å². The fourth-order valence-electron chi connectivity index (χ4n) is 2.85. The number of amides is 2. The van der Waals surface area contributed by atoms with Crippen molar-refractivity contribution in [2.45, 2.75) is 40.0 Å². The van der Waals surface area contributed by atoms with Gasteiger partial charge in [0.2, 0.25) is 5.91 Å². The van der Waals surface area contributed by atoms with E-state index in [1.807, 2.05) is 32.0 Å². The van der Waals surface area contributed by atoms with Crippen molar-refractivity contribution in [2.24, 2.45) is 5.92 Å². The summed E-state index contributed by atoms with van der Waals surface area (Å²) in [5, 5.41) is 5.66. The third kappa shape index (κ3) is 5.19. The minimum Gasteiger partial charge on any atom is -0.352 e. The van der Waals surface area contributed by atoms with E-state index in [-0.39, 0.29) is 17.7 Å². The lowest BCUT2D eigenvalue weighted by Crippen LogP contribution is -2.26. The first-order valence-electron chi connectivity index (χ1n) is 9.19. The minimum atomic E-state index is -0.301. The van der Waals surface area contributed by atoms with Gasteiger partial charge in [-0.25, -0.2) is 0 Å². The van der Waals surface area contributed by atoms with Crippen LogP contribution in [0.3, 0.4) is 0 Å². The molecule has 4 nitrogen and oxygen atoms in total. The average Bonchev–Trinajstić information content (AvgIpc) is 2.62. The van der Waals surface area contributed by atoms with Crippen LogP contribution in [0.2, 0.25) is 0 Å². The third-order valence-electron chi connectivity index (χ3n) is 4.28. The zero-order valence-electron chi connectivity index (χ0n) is 16.0.